The van der Waals surface area contributed by atoms with E-state index >= 15 is 0 Å². The highest BCUT2D eigenvalue weighted by Gasteiger charge is 2.25. The van der Waals surface area contributed by atoms with Crippen molar-refractivity contribution in [3.8, 4) is 44.5 Å². The lowest BCUT2D eigenvalue weighted by molar-refractivity contribution is 0.590. The van der Waals surface area contributed by atoms with Gasteiger partial charge in [-0.15, -0.1) is 0 Å². The maximum absolute atomic E-state index is 8.87. The second kappa shape index (κ2) is 12.3. The van der Waals surface area contributed by atoms with E-state index < -0.39 is 60.4 Å². The molecule has 0 saturated heterocycles. The molecule has 1 aliphatic carbocycles. The average Bonchev–Trinajstić information content (AvgIpc) is 3.26. The molecule has 0 unspecified atom stereocenters. The fraction of sp³-hybridized carbons (Fsp3) is 0.154. The van der Waals surface area contributed by atoms with Crippen LogP contribution in [0.2, 0.25) is 0 Å². The molecule has 0 spiro atoms. The van der Waals surface area contributed by atoms with E-state index in [9.17, 15) is 0 Å². The van der Waals surface area contributed by atoms with Crippen LogP contribution in [-0.4, -0.2) is 0 Å². The minimum absolute atomic E-state index is 0.0201. The van der Waals surface area contributed by atoms with Crippen LogP contribution in [0, 0.1) is 0 Å². The predicted molar refractivity (Wildman–Crippen MR) is 229 cm³/mol. The molecular formula is C52H45N. The van der Waals surface area contributed by atoms with E-state index in [1.165, 1.54) is 16.0 Å². The fourth-order valence-corrected chi connectivity index (χ4v) is 7.46. The largest absolute Gasteiger partial charge is 0.310 e. The summed E-state index contributed by atoms with van der Waals surface area (Å²) >= 11 is 0. The van der Waals surface area contributed by atoms with E-state index in [-0.39, 0.29) is 27.9 Å². The summed E-state index contributed by atoms with van der Waals surface area (Å²) in [6, 6.07) is 30.4. The monoisotopic (exact) mass is 693 g/mol. The van der Waals surface area contributed by atoms with Crippen molar-refractivity contribution in [2.45, 2.75) is 52.4 Å². The molecule has 8 aromatic rings. The smallest absolute Gasteiger partial charge is 0.0645 e. The third-order valence-corrected chi connectivity index (χ3v) is 10.5. The molecule has 0 aromatic heterocycles. The Kier molecular flexibility index (Phi) is 5.50. The Morgan fingerprint density at radius 2 is 0.717 bits per heavy atom. The molecule has 0 aliphatic heterocycles. The van der Waals surface area contributed by atoms with E-state index in [4.69, 9.17) is 13.7 Å². The van der Waals surface area contributed by atoms with Crippen LogP contribution in [0.15, 0.2) is 164 Å². The van der Waals surface area contributed by atoms with Gasteiger partial charge in [0.2, 0.25) is 0 Å². The number of nitrogens with zero attached hydrogens (tertiary/aromatic N) is 1. The van der Waals surface area contributed by atoms with E-state index in [1.807, 2.05) is 6.07 Å². The van der Waals surface area contributed by atoms with Crippen LogP contribution < -0.4 is 4.90 Å². The van der Waals surface area contributed by atoms with Crippen molar-refractivity contribution >= 4 is 38.6 Å². The number of para-hydroxylation sites is 2. The van der Waals surface area contributed by atoms with Crippen molar-refractivity contribution in [1.82, 2.24) is 0 Å². The topological polar surface area (TPSA) is 3.24 Å². The standard InChI is InChI=1S/C52H45N/c1-51(2,3)40-22-17-34(18-23-40)45-29-38-32-49-47-28-36-21-26-44(53(42-13-9-7-10-14-42)43-15-11-8-12-16-43)27-37(36)31-48(47)50(49)33-39(38)30-46(45)35-19-24-41(25-20-35)52(4,5)6/h7-33H,1-6H3/i7D,8D,9D,10D,11D,12D,13D,14D,15D,16D. The molecule has 0 N–H and O–H groups in total. The molecule has 9 rings (SSSR count). The summed E-state index contributed by atoms with van der Waals surface area (Å²) < 4.78 is 85.7. The first-order chi connectivity index (χ1) is 29.6. The molecule has 0 saturated carbocycles. The van der Waals surface area contributed by atoms with Crippen LogP contribution in [0.5, 0.6) is 0 Å². The first-order valence-electron chi connectivity index (χ1n) is 23.0. The van der Waals surface area contributed by atoms with Gasteiger partial charge in [-0.05, 0) is 161 Å². The van der Waals surface area contributed by atoms with Gasteiger partial charge < -0.3 is 4.90 Å². The molecule has 0 fully saturated rings. The van der Waals surface area contributed by atoms with Gasteiger partial charge in [-0.1, -0.05) is 132 Å². The van der Waals surface area contributed by atoms with E-state index in [2.05, 4.69) is 126 Å². The summed E-state index contributed by atoms with van der Waals surface area (Å²) in [6.07, 6.45) is 0. The number of hydrogen-bond donors (Lipinski definition) is 0. The zero-order valence-electron chi connectivity index (χ0n) is 40.8. The van der Waals surface area contributed by atoms with Crippen LogP contribution >= 0.6 is 0 Å². The van der Waals surface area contributed by atoms with Crippen LogP contribution in [0.1, 0.15) is 66.4 Å². The molecule has 53 heavy (non-hydrogen) atoms. The average molecular weight is 694 g/mol. The highest BCUT2D eigenvalue weighted by Crippen LogP contribution is 2.52. The quantitative estimate of drug-likeness (QED) is 0.173. The lowest BCUT2D eigenvalue weighted by atomic mass is 9.77. The van der Waals surface area contributed by atoms with Crippen LogP contribution in [-0.2, 0) is 10.8 Å². The summed E-state index contributed by atoms with van der Waals surface area (Å²) in [5, 5.41) is 3.84. The van der Waals surface area contributed by atoms with E-state index in [0.29, 0.717) is 0 Å². The van der Waals surface area contributed by atoms with Crippen molar-refractivity contribution in [2.75, 3.05) is 4.90 Å². The van der Waals surface area contributed by atoms with Crippen molar-refractivity contribution in [1.29, 1.82) is 0 Å². The van der Waals surface area contributed by atoms with Crippen molar-refractivity contribution in [3.05, 3.63) is 175 Å². The summed E-state index contributed by atoms with van der Waals surface area (Å²) in [6.45, 7) is 13.3. The highest BCUT2D eigenvalue weighted by molar-refractivity contribution is 6.13. The molecule has 1 nitrogen and oxygen atoms in total. The lowest BCUT2D eigenvalue weighted by Gasteiger charge is -2.28. The number of fused-ring (bicyclic) bond motifs is 6. The van der Waals surface area contributed by atoms with Gasteiger partial charge in [-0.3, -0.25) is 0 Å². The molecule has 8 aromatic carbocycles. The van der Waals surface area contributed by atoms with E-state index in [0.717, 1.165) is 66.1 Å². The maximum atomic E-state index is 8.87. The minimum Gasteiger partial charge on any atom is -0.310 e. The van der Waals surface area contributed by atoms with Gasteiger partial charge in [0.05, 0.1) is 13.7 Å². The van der Waals surface area contributed by atoms with Gasteiger partial charge in [-0.2, -0.15) is 0 Å². The third-order valence-electron chi connectivity index (χ3n) is 10.5. The molecular weight excluding hydrogens is 639 g/mol. The van der Waals surface area contributed by atoms with E-state index in [1.54, 1.807) is 12.1 Å². The van der Waals surface area contributed by atoms with Gasteiger partial charge in [-0.25, -0.2) is 0 Å². The van der Waals surface area contributed by atoms with Crippen LogP contribution in [0.3, 0.4) is 0 Å². The fourth-order valence-electron chi connectivity index (χ4n) is 7.46. The molecule has 1 aliphatic rings. The molecule has 1 heteroatoms. The Hall–Kier alpha value is -5.92. The Morgan fingerprint density at radius 3 is 1.11 bits per heavy atom. The lowest BCUT2D eigenvalue weighted by Crippen LogP contribution is -2.10. The summed E-state index contributed by atoms with van der Waals surface area (Å²) in [7, 11) is 0. The number of anilines is 3. The van der Waals surface area contributed by atoms with Gasteiger partial charge in [0, 0.05) is 17.1 Å². The maximum Gasteiger partial charge on any atom is 0.0645 e. The number of hydrogen-bond acceptors (Lipinski definition) is 1. The second-order valence-electron chi connectivity index (χ2n) is 16.0. The SMILES string of the molecule is [2H]c1c([2H])c([2H])c(N(c2ccc3cc4c(cc3c2)-c2cc3cc(-c5ccc(C(C)(C)C)cc5)c(-c5ccc(C(C)(C)C)cc5)cc3cc2-4)c2c([2H])c([2H])c([2H])c([2H])c2[2H])c([2H])c1[2H]. The van der Waals surface area contributed by atoms with Crippen LogP contribution in [0.25, 0.3) is 66.1 Å². The second-order valence-corrected chi connectivity index (χ2v) is 16.0. The number of rotatable bonds is 5. The molecule has 0 amide bonds. The first-order valence-corrected chi connectivity index (χ1v) is 18.0. The molecule has 258 valence electrons. The molecule has 0 atom stereocenters. The zero-order valence-corrected chi connectivity index (χ0v) is 30.8. The van der Waals surface area contributed by atoms with Gasteiger partial charge >= 0.3 is 0 Å². The van der Waals surface area contributed by atoms with Gasteiger partial charge in [0.25, 0.3) is 0 Å². The first kappa shape index (κ1) is 23.6. The Balaban J connectivity index is 1.20. The summed E-state index contributed by atoms with van der Waals surface area (Å²) in [4.78, 5) is 1.20. The Bertz CT molecular complexity index is 3100. The van der Waals surface area contributed by atoms with Gasteiger partial charge in [0.1, 0.15) is 0 Å². The minimum atomic E-state index is -0.607. The third kappa shape index (κ3) is 5.91. The van der Waals surface area contributed by atoms with Crippen LogP contribution in [0.4, 0.5) is 17.1 Å². The molecule has 0 radical (unpaired) electrons. The summed E-state index contributed by atoms with van der Waals surface area (Å²) in [5.41, 5.74) is 11.1. The molecule has 0 bridgehead atoms. The summed E-state index contributed by atoms with van der Waals surface area (Å²) in [5.74, 6) is 0. The van der Waals surface area contributed by atoms with Crippen molar-refractivity contribution in [2.24, 2.45) is 0 Å². The van der Waals surface area contributed by atoms with Crippen molar-refractivity contribution in [3.63, 3.8) is 0 Å². The zero-order chi connectivity index (χ0) is 45.2. The molecule has 0 heterocycles. The Morgan fingerprint density at radius 1 is 0.358 bits per heavy atom. The Labute approximate surface area is 328 Å². The number of benzene rings is 8. The van der Waals surface area contributed by atoms with Crippen molar-refractivity contribution < 1.29 is 13.7 Å². The highest BCUT2D eigenvalue weighted by atomic mass is 15.1. The normalized spacial score (nSPS) is 15.0. The predicted octanol–water partition coefficient (Wildman–Crippen LogP) is 15.0. The van der Waals surface area contributed by atoms with Gasteiger partial charge in [0.15, 0.2) is 0 Å².